The molecule has 0 saturated heterocycles. The zero-order valence-electron chi connectivity index (χ0n) is 17.4. The Labute approximate surface area is 193 Å². The monoisotopic (exact) mass is 457 g/mol. The molecule has 0 aliphatic carbocycles. The molecule has 7 nitrogen and oxygen atoms in total. The van der Waals surface area contributed by atoms with Gasteiger partial charge in [0.1, 0.15) is 16.2 Å². The smallest absolute Gasteiger partial charge is 0.353 e. The van der Waals surface area contributed by atoms with Crippen molar-refractivity contribution in [3.05, 3.63) is 122 Å². The Bertz CT molecular complexity index is 1330. The summed E-state index contributed by atoms with van der Waals surface area (Å²) < 4.78 is 6.78. The number of hydrazone groups is 1. The Balaban J connectivity index is 1.36. The van der Waals surface area contributed by atoms with Gasteiger partial charge in [-0.2, -0.15) is 5.10 Å². The quantitative estimate of drug-likeness (QED) is 0.197. The van der Waals surface area contributed by atoms with Gasteiger partial charge in [-0.15, -0.1) is 11.3 Å². The molecule has 1 N–H and O–H groups in total. The summed E-state index contributed by atoms with van der Waals surface area (Å²) in [5.74, 6) is -0.613. The Morgan fingerprint density at radius 3 is 2.48 bits per heavy atom. The number of hydrogen-bond acceptors (Lipinski definition) is 6. The predicted molar refractivity (Wildman–Crippen MR) is 127 cm³/mol. The molecule has 0 saturated carbocycles. The van der Waals surface area contributed by atoms with E-state index in [2.05, 4.69) is 10.5 Å². The van der Waals surface area contributed by atoms with Crippen molar-refractivity contribution in [1.82, 2.24) is 9.99 Å². The van der Waals surface area contributed by atoms with Crippen LogP contribution >= 0.6 is 11.3 Å². The number of hydrogen-bond donors (Lipinski definition) is 1. The Hall–Kier alpha value is -4.30. The topological polar surface area (TPSA) is 89.8 Å². The number of nitrogens with one attached hydrogen (secondary N) is 1. The van der Waals surface area contributed by atoms with Gasteiger partial charge in [0.15, 0.2) is 0 Å². The molecule has 0 radical (unpaired) electrons. The standard InChI is InChI=1S/C25H19N3O4S/c29-23(21-8-4-14-28(24(21)30)17-19-6-2-1-3-7-19)27-26-16-18-10-12-20(13-11-18)32-25(31)22-9-5-15-33-22/h1-16H,17H2,(H,27,29)/b26-16-. The van der Waals surface area contributed by atoms with Gasteiger partial charge in [0.25, 0.3) is 11.5 Å². The fraction of sp³-hybridized carbons (Fsp3) is 0.0400. The van der Waals surface area contributed by atoms with Crippen LogP contribution in [0.4, 0.5) is 0 Å². The number of carbonyl (C=O) groups excluding carboxylic acids is 2. The van der Waals surface area contributed by atoms with Crippen molar-refractivity contribution >= 4 is 29.4 Å². The van der Waals surface area contributed by atoms with Crippen molar-refractivity contribution in [2.45, 2.75) is 6.54 Å². The normalized spacial score (nSPS) is 10.8. The summed E-state index contributed by atoms with van der Waals surface area (Å²) in [6.45, 7) is 0.369. The van der Waals surface area contributed by atoms with Crippen molar-refractivity contribution in [1.29, 1.82) is 0 Å². The maximum absolute atomic E-state index is 12.7. The second-order valence-electron chi connectivity index (χ2n) is 6.98. The van der Waals surface area contributed by atoms with Crippen LogP contribution in [0.15, 0.2) is 100 Å². The Morgan fingerprint density at radius 2 is 1.76 bits per heavy atom. The van der Waals surface area contributed by atoms with Crippen LogP contribution in [0.5, 0.6) is 5.75 Å². The number of aromatic nitrogens is 1. The van der Waals surface area contributed by atoms with Gasteiger partial charge < -0.3 is 9.30 Å². The van der Waals surface area contributed by atoms with Crippen molar-refractivity contribution in [2.75, 3.05) is 0 Å². The third-order valence-corrected chi connectivity index (χ3v) is 5.50. The third-order valence-electron chi connectivity index (χ3n) is 4.65. The van der Waals surface area contributed by atoms with E-state index in [4.69, 9.17) is 4.74 Å². The zero-order chi connectivity index (χ0) is 23.0. The van der Waals surface area contributed by atoms with Crippen LogP contribution < -0.4 is 15.7 Å². The van der Waals surface area contributed by atoms with Gasteiger partial charge in [-0.1, -0.05) is 36.4 Å². The number of nitrogens with zero attached hydrogens (tertiary/aromatic N) is 2. The second-order valence-corrected chi connectivity index (χ2v) is 7.92. The van der Waals surface area contributed by atoms with E-state index in [1.165, 1.54) is 28.2 Å². The molecule has 0 bridgehead atoms. The molecular weight excluding hydrogens is 438 g/mol. The van der Waals surface area contributed by atoms with Crippen molar-refractivity contribution in [3.63, 3.8) is 0 Å². The highest BCUT2D eigenvalue weighted by Gasteiger charge is 2.12. The maximum Gasteiger partial charge on any atom is 0.353 e. The number of pyridine rings is 1. The summed E-state index contributed by atoms with van der Waals surface area (Å²) in [4.78, 5) is 37.6. The van der Waals surface area contributed by atoms with Gasteiger partial charge in [-0.3, -0.25) is 9.59 Å². The molecule has 33 heavy (non-hydrogen) atoms. The highest BCUT2D eigenvalue weighted by atomic mass is 32.1. The number of amides is 1. The van der Waals surface area contributed by atoms with Crippen LogP contribution in [-0.2, 0) is 6.54 Å². The van der Waals surface area contributed by atoms with Crippen LogP contribution in [0, 0.1) is 0 Å². The molecule has 2 aromatic carbocycles. The SMILES string of the molecule is O=C(Oc1ccc(/C=N\NC(=O)c2cccn(Cc3ccccc3)c2=O)cc1)c1cccs1. The largest absolute Gasteiger partial charge is 0.422 e. The molecular formula is C25H19N3O4S. The first-order chi connectivity index (χ1) is 16.1. The molecule has 0 aliphatic rings. The van der Waals surface area contributed by atoms with E-state index >= 15 is 0 Å². The Kier molecular flexibility index (Phi) is 6.87. The predicted octanol–water partition coefficient (Wildman–Crippen LogP) is 3.94. The fourth-order valence-electron chi connectivity index (χ4n) is 3.01. The fourth-order valence-corrected chi connectivity index (χ4v) is 3.61. The molecule has 4 rings (SSSR count). The highest BCUT2D eigenvalue weighted by molar-refractivity contribution is 7.12. The molecule has 1 amide bonds. The van der Waals surface area contributed by atoms with E-state index < -0.39 is 17.4 Å². The van der Waals surface area contributed by atoms with Gasteiger partial charge in [-0.05, 0) is 59.0 Å². The minimum atomic E-state index is -0.597. The summed E-state index contributed by atoms with van der Waals surface area (Å²) in [6, 6.07) is 22.8. The van der Waals surface area contributed by atoms with Crippen LogP contribution in [0.1, 0.15) is 31.2 Å². The third kappa shape index (κ3) is 5.69. The number of esters is 1. The second kappa shape index (κ2) is 10.3. The number of thiophene rings is 1. The van der Waals surface area contributed by atoms with Gasteiger partial charge in [0.2, 0.25) is 0 Å². The first-order valence-electron chi connectivity index (χ1n) is 10.0. The van der Waals surface area contributed by atoms with Crippen LogP contribution in [0.25, 0.3) is 0 Å². The van der Waals surface area contributed by atoms with Crippen molar-refractivity contribution in [2.24, 2.45) is 5.10 Å². The molecule has 2 aromatic heterocycles. The minimum Gasteiger partial charge on any atom is -0.422 e. The van der Waals surface area contributed by atoms with Crippen molar-refractivity contribution < 1.29 is 14.3 Å². The molecule has 0 unspecified atom stereocenters. The van der Waals surface area contributed by atoms with Crippen LogP contribution in [0.3, 0.4) is 0 Å². The average Bonchev–Trinajstić information content (AvgIpc) is 3.37. The summed E-state index contributed by atoms with van der Waals surface area (Å²) in [6.07, 6.45) is 3.08. The molecule has 2 heterocycles. The summed E-state index contributed by atoms with van der Waals surface area (Å²) in [5, 5.41) is 5.73. The first-order valence-corrected chi connectivity index (χ1v) is 10.9. The zero-order valence-corrected chi connectivity index (χ0v) is 18.2. The van der Waals surface area contributed by atoms with Gasteiger partial charge in [0, 0.05) is 6.20 Å². The summed E-state index contributed by atoms with van der Waals surface area (Å²) in [7, 11) is 0. The van der Waals surface area contributed by atoms with E-state index in [-0.39, 0.29) is 5.56 Å². The van der Waals surface area contributed by atoms with Gasteiger partial charge in [-0.25, -0.2) is 10.2 Å². The lowest BCUT2D eigenvalue weighted by molar-refractivity contribution is 0.0739. The summed E-state index contributed by atoms with van der Waals surface area (Å²) >= 11 is 1.31. The van der Waals surface area contributed by atoms with Crippen LogP contribution in [-0.4, -0.2) is 22.7 Å². The van der Waals surface area contributed by atoms with Crippen LogP contribution in [0.2, 0.25) is 0 Å². The van der Waals surface area contributed by atoms with Crippen molar-refractivity contribution in [3.8, 4) is 5.75 Å². The molecule has 164 valence electrons. The lowest BCUT2D eigenvalue weighted by Crippen LogP contribution is -2.30. The highest BCUT2D eigenvalue weighted by Crippen LogP contribution is 2.16. The molecule has 8 heteroatoms. The van der Waals surface area contributed by atoms with Gasteiger partial charge in [0.05, 0.1) is 12.8 Å². The first kappa shape index (κ1) is 21.9. The molecule has 0 fully saturated rings. The molecule has 4 aromatic rings. The van der Waals surface area contributed by atoms with E-state index in [0.717, 1.165) is 5.56 Å². The van der Waals surface area contributed by atoms with E-state index in [1.54, 1.807) is 54.0 Å². The summed E-state index contributed by atoms with van der Waals surface area (Å²) in [5.41, 5.74) is 3.62. The maximum atomic E-state index is 12.7. The number of carbonyl (C=O) groups is 2. The number of benzene rings is 2. The molecule has 0 spiro atoms. The molecule has 0 aliphatic heterocycles. The average molecular weight is 458 g/mol. The number of ether oxygens (including phenoxy) is 1. The van der Waals surface area contributed by atoms with E-state index in [1.807, 2.05) is 30.3 Å². The minimum absolute atomic E-state index is 0.00131. The van der Waals surface area contributed by atoms with E-state index in [0.29, 0.717) is 22.7 Å². The van der Waals surface area contributed by atoms with Gasteiger partial charge >= 0.3 is 5.97 Å². The van der Waals surface area contributed by atoms with E-state index in [9.17, 15) is 14.4 Å². The lowest BCUT2D eigenvalue weighted by Gasteiger charge is -2.07. The lowest BCUT2D eigenvalue weighted by atomic mass is 10.2. The molecule has 0 atom stereocenters. The Morgan fingerprint density at radius 1 is 0.970 bits per heavy atom. The number of rotatable bonds is 7.